The molecule has 1 fully saturated rings. The fourth-order valence-corrected chi connectivity index (χ4v) is 6.08. The lowest BCUT2D eigenvalue weighted by Gasteiger charge is -2.29. The standard InChI is InChI=1S/C29H31N3O2S/c1-19-12-14-32(15-13-19)17-24-30-27(33-23-11-7-10-21-16-29(2,3)34-26(21)23)25-22(18-35-28(25)31-24)20-8-5-4-6-9-20/h4-11,18-19H,12-17H2,1-3H3. The fourth-order valence-electron chi connectivity index (χ4n) is 5.12. The number of rotatable bonds is 5. The van der Waals surface area contributed by atoms with Crippen LogP contribution in [0, 0.1) is 5.92 Å². The van der Waals surface area contributed by atoms with Gasteiger partial charge in [-0.1, -0.05) is 49.4 Å². The van der Waals surface area contributed by atoms with Gasteiger partial charge < -0.3 is 9.47 Å². The molecule has 180 valence electrons. The van der Waals surface area contributed by atoms with E-state index in [4.69, 9.17) is 19.4 Å². The summed E-state index contributed by atoms with van der Waals surface area (Å²) < 4.78 is 12.9. The van der Waals surface area contributed by atoms with Gasteiger partial charge in [-0.3, -0.25) is 4.90 Å². The highest BCUT2D eigenvalue weighted by molar-refractivity contribution is 7.17. The summed E-state index contributed by atoms with van der Waals surface area (Å²) in [6.07, 6.45) is 3.32. The Morgan fingerprint density at radius 3 is 2.66 bits per heavy atom. The van der Waals surface area contributed by atoms with Crippen LogP contribution >= 0.6 is 11.3 Å². The first-order chi connectivity index (χ1) is 16.9. The van der Waals surface area contributed by atoms with Crippen LogP contribution < -0.4 is 9.47 Å². The summed E-state index contributed by atoms with van der Waals surface area (Å²) in [6.45, 7) is 9.49. The molecule has 0 unspecified atom stereocenters. The van der Waals surface area contributed by atoms with Gasteiger partial charge in [-0.2, -0.15) is 4.98 Å². The highest BCUT2D eigenvalue weighted by atomic mass is 32.1. The van der Waals surface area contributed by atoms with E-state index in [1.54, 1.807) is 11.3 Å². The van der Waals surface area contributed by atoms with Crippen LogP contribution in [0.4, 0.5) is 0 Å². The Bertz CT molecular complexity index is 1360. The summed E-state index contributed by atoms with van der Waals surface area (Å²) in [4.78, 5) is 13.4. The number of para-hydroxylation sites is 1. The molecule has 1 saturated heterocycles. The Labute approximate surface area is 210 Å². The van der Waals surface area contributed by atoms with Crippen molar-refractivity contribution in [2.75, 3.05) is 13.1 Å². The molecule has 4 heterocycles. The highest BCUT2D eigenvalue weighted by Gasteiger charge is 2.33. The van der Waals surface area contributed by atoms with Crippen molar-refractivity contribution in [3.63, 3.8) is 0 Å². The van der Waals surface area contributed by atoms with Crippen LogP contribution in [0.5, 0.6) is 17.4 Å². The van der Waals surface area contributed by atoms with Crippen molar-refractivity contribution in [1.82, 2.24) is 14.9 Å². The first kappa shape index (κ1) is 22.5. The molecule has 2 aromatic carbocycles. The summed E-state index contributed by atoms with van der Waals surface area (Å²) in [6, 6.07) is 16.6. The van der Waals surface area contributed by atoms with Crippen LogP contribution in [0.1, 0.15) is 45.0 Å². The van der Waals surface area contributed by atoms with Crippen molar-refractivity contribution < 1.29 is 9.47 Å². The number of benzene rings is 2. The second-order valence-electron chi connectivity index (χ2n) is 10.5. The zero-order valence-electron chi connectivity index (χ0n) is 20.6. The predicted molar refractivity (Wildman–Crippen MR) is 141 cm³/mol. The average molecular weight is 486 g/mol. The van der Waals surface area contributed by atoms with Gasteiger partial charge in [0.15, 0.2) is 11.5 Å². The summed E-state index contributed by atoms with van der Waals surface area (Å²) in [5.41, 5.74) is 3.18. The molecule has 6 rings (SSSR count). The van der Waals surface area contributed by atoms with E-state index in [-0.39, 0.29) is 5.60 Å². The van der Waals surface area contributed by atoms with Crippen molar-refractivity contribution in [2.45, 2.75) is 52.2 Å². The van der Waals surface area contributed by atoms with Crippen LogP contribution in [0.15, 0.2) is 53.9 Å². The van der Waals surface area contributed by atoms with Gasteiger partial charge in [0.2, 0.25) is 5.88 Å². The van der Waals surface area contributed by atoms with Crippen LogP contribution in [0.25, 0.3) is 21.3 Å². The first-order valence-corrected chi connectivity index (χ1v) is 13.4. The summed E-state index contributed by atoms with van der Waals surface area (Å²) in [5.74, 6) is 3.77. The second-order valence-corrected chi connectivity index (χ2v) is 11.3. The number of hydrogen-bond donors (Lipinski definition) is 0. The van der Waals surface area contributed by atoms with Gasteiger partial charge in [0.05, 0.1) is 11.9 Å². The maximum absolute atomic E-state index is 6.61. The number of hydrogen-bond acceptors (Lipinski definition) is 6. The summed E-state index contributed by atoms with van der Waals surface area (Å²) in [7, 11) is 0. The van der Waals surface area contributed by atoms with Crippen LogP contribution in [0.2, 0.25) is 0 Å². The lowest BCUT2D eigenvalue weighted by atomic mass is 9.99. The molecular weight excluding hydrogens is 454 g/mol. The number of nitrogens with zero attached hydrogens (tertiary/aromatic N) is 3. The van der Waals surface area contributed by atoms with E-state index in [9.17, 15) is 0 Å². The number of ether oxygens (including phenoxy) is 2. The molecule has 0 saturated carbocycles. The highest BCUT2D eigenvalue weighted by Crippen LogP contribution is 2.45. The lowest BCUT2D eigenvalue weighted by molar-refractivity contribution is 0.135. The van der Waals surface area contributed by atoms with Crippen LogP contribution in [-0.4, -0.2) is 33.6 Å². The van der Waals surface area contributed by atoms with E-state index in [1.807, 2.05) is 18.2 Å². The Balaban J connectivity index is 1.42. The average Bonchev–Trinajstić information content (AvgIpc) is 3.41. The molecule has 0 aliphatic carbocycles. The van der Waals surface area contributed by atoms with E-state index >= 15 is 0 Å². The van der Waals surface area contributed by atoms with Gasteiger partial charge in [-0.15, -0.1) is 11.3 Å². The molecular formula is C29H31N3O2S. The molecule has 0 spiro atoms. The van der Waals surface area contributed by atoms with Crippen LogP contribution in [-0.2, 0) is 13.0 Å². The minimum atomic E-state index is -0.239. The predicted octanol–water partition coefficient (Wildman–Crippen LogP) is 7.10. The normalized spacial score (nSPS) is 17.9. The minimum Gasteiger partial charge on any atom is -0.483 e. The molecule has 0 radical (unpaired) electrons. The van der Waals surface area contributed by atoms with Crippen molar-refractivity contribution in [1.29, 1.82) is 0 Å². The third kappa shape index (κ3) is 4.53. The molecule has 0 bridgehead atoms. The fraction of sp³-hybridized carbons (Fsp3) is 0.379. The summed E-state index contributed by atoms with van der Waals surface area (Å²) >= 11 is 1.65. The SMILES string of the molecule is CC1CCN(Cc2nc(Oc3cccc4c3OC(C)(C)C4)c3c(-c4ccccc4)csc3n2)CC1. The monoisotopic (exact) mass is 485 g/mol. The number of fused-ring (bicyclic) bond motifs is 2. The number of thiophene rings is 1. The van der Waals surface area contributed by atoms with Crippen molar-refractivity contribution in [3.05, 3.63) is 65.3 Å². The Hall–Kier alpha value is -2.96. The number of aromatic nitrogens is 2. The quantitative estimate of drug-likeness (QED) is 0.302. The number of piperidine rings is 1. The molecule has 2 aliphatic rings. The van der Waals surface area contributed by atoms with Crippen LogP contribution in [0.3, 0.4) is 0 Å². The molecule has 6 heteroatoms. The maximum atomic E-state index is 6.61. The van der Waals surface area contributed by atoms with Crippen molar-refractivity contribution in [3.8, 4) is 28.5 Å². The maximum Gasteiger partial charge on any atom is 0.232 e. The Kier molecular flexibility index (Phi) is 5.73. The van der Waals surface area contributed by atoms with Gasteiger partial charge in [0, 0.05) is 22.9 Å². The van der Waals surface area contributed by atoms with Gasteiger partial charge in [0.1, 0.15) is 16.3 Å². The number of likely N-dealkylation sites (tertiary alicyclic amines) is 1. The van der Waals surface area contributed by atoms with Gasteiger partial charge in [0.25, 0.3) is 0 Å². The smallest absolute Gasteiger partial charge is 0.232 e. The summed E-state index contributed by atoms with van der Waals surface area (Å²) in [5, 5.41) is 3.13. The third-order valence-electron chi connectivity index (χ3n) is 7.03. The van der Waals surface area contributed by atoms with Gasteiger partial charge >= 0.3 is 0 Å². The van der Waals surface area contributed by atoms with E-state index < -0.39 is 0 Å². The molecule has 0 atom stereocenters. The zero-order chi connectivity index (χ0) is 24.0. The van der Waals surface area contributed by atoms with E-state index in [2.05, 4.69) is 61.4 Å². The largest absolute Gasteiger partial charge is 0.483 e. The molecule has 0 N–H and O–H groups in total. The molecule has 2 aromatic heterocycles. The molecule has 5 nitrogen and oxygen atoms in total. The lowest BCUT2D eigenvalue weighted by Crippen LogP contribution is -2.32. The zero-order valence-corrected chi connectivity index (χ0v) is 21.4. The topological polar surface area (TPSA) is 47.5 Å². The third-order valence-corrected chi connectivity index (χ3v) is 7.91. The molecule has 0 amide bonds. The van der Waals surface area contributed by atoms with E-state index in [0.29, 0.717) is 5.88 Å². The Morgan fingerprint density at radius 2 is 1.86 bits per heavy atom. The molecule has 4 aromatic rings. The van der Waals surface area contributed by atoms with E-state index in [1.165, 1.54) is 18.4 Å². The first-order valence-electron chi connectivity index (χ1n) is 12.5. The Morgan fingerprint density at radius 1 is 1.06 bits per heavy atom. The minimum absolute atomic E-state index is 0.239. The van der Waals surface area contributed by atoms with Crippen molar-refractivity contribution in [2.24, 2.45) is 5.92 Å². The second kappa shape index (κ2) is 8.92. The van der Waals surface area contributed by atoms with Crippen molar-refractivity contribution >= 4 is 21.6 Å². The van der Waals surface area contributed by atoms with E-state index in [0.717, 1.165) is 70.6 Å². The van der Waals surface area contributed by atoms with Gasteiger partial charge in [-0.25, -0.2) is 4.98 Å². The molecule has 2 aliphatic heterocycles. The molecule has 35 heavy (non-hydrogen) atoms. The van der Waals surface area contributed by atoms with Gasteiger partial charge in [-0.05, 0) is 57.3 Å².